The molecule has 0 aliphatic rings. The Hall–Kier alpha value is -2.86. The van der Waals surface area contributed by atoms with Crippen molar-refractivity contribution in [2.24, 2.45) is 0 Å². The highest BCUT2D eigenvalue weighted by molar-refractivity contribution is 7.98. The highest BCUT2D eigenvalue weighted by Gasteiger charge is 2.17. The maximum absolute atomic E-state index is 12.2. The van der Waals surface area contributed by atoms with Crippen molar-refractivity contribution in [1.82, 2.24) is 10.3 Å². The van der Waals surface area contributed by atoms with Crippen LogP contribution in [-0.2, 0) is 9.53 Å². The first kappa shape index (κ1) is 18.9. The standard InChI is InChI=1S/C21H20N2O3S/c1-14(16-10-5-8-15-7-3-4-9-17(15)16)23-19(24)13-26-21(25)18-11-6-12-22-20(18)27-2/h3-12,14H,13H2,1-2H3,(H,23,24)/t14-/m0/s1. The average Bonchev–Trinajstić information content (AvgIpc) is 2.71. The quantitative estimate of drug-likeness (QED) is 0.517. The van der Waals surface area contributed by atoms with Crippen LogP contribution in [0.3, 0.4) is 0 Å². The summed E-state index contributed by atoms with van der Waals surface area (Å²) in [6.45, 7) is 1.57. The van der Waals surface area contributed by atoms with Crippen LogP contribution in [0.25, 0.3) is 10.8 Å². The lowest BCUT2D eigenvalue weighted by molar-refractivity contribution is -0.124. The summed E-state index contributed by atoms with van der Waals surface area (Å²) >= 11 is 1.35. The van der Waals surface area contributed by atoms with Crippen LogP contribution in [0.5, 0.6) is 0 Å². The third-order valence-corrected chi connectivity index (χ3v) is 4.90. The van der Waals surface area contributed by atoms with Crippen molar-refractivity contribution in [3.8, 4) is 0 Å². The Balaban J connectivity index is 1.63. The Morgan fingerprint density at radius 3 is 2.70 bits per heavy atom. The van der Waals surface area contributed by atoms with E-state index in [0.29, 0.717) is 10.6 Å². The largest absolute Gasteiger partial charge is 0.452 e. The lowest BCUT2D eigenvalue weighted by atomic mass is 10.00. The van der Waals surface area contributed by atoms with Gasteiger partial charge in [0.25, 0.3) is 5.91 Å². The summed E-state index contributed by atoms with van der Waals surface area (Å²) in [5, 5.41) is 5.66. The molecule has 0 spiro atoms. The third-order valence-electron chi connectivity index (χ3n) is 4.19. The van der Waals surface area contributed by atoms with Crippen LogP contribution in [0.15, 0.2) is 65.8 Å². The van der Waals surface area contributed by atoms with Crippen LogP contribution in [0, 0.1) is 0 Å². The zero-order valence-electron chi connectivity index (χ0n) is 15.1. The average molecular weight is 380 g/mol. The first-order valence-corrected chi connectivity index (χ1v) is 9.75. The van der Waals surface area contributed by atoms with E-state index in [1.807, 2.05) is 55.6 Å². The minimum absolute atomic E-state index is 0.206. The molecular weight excluding hydrogens is 360 g/mol. The molecule has 0 fully saturated rings. The van der Waals surface area contributed by atoms with E-state index in [-0.39, 0.29) is 18.6 Å². The third kappa shape index (κ3) is 4.46. The Morgan fingerprint density at radius 1 is 1.11 bits per heavy atom. The zero-order valence-corrected chi connectivity index (χ0v) is 16.0. The molecule has 1 heterocycles. The number of benzene rings is 2. The van der Waals surface area contributed by atoms with Gasteiger partial charge in [0, 0.05) is 6.20 Å². The Morgan fingerprint density at radius 2 is 1.89 bits per heavy atom. The monoisotopic (exact) mass is 380 g/mol. The van der Waals surface area contributed by atoms with Gasteiger partial charge in [-0.15, -0.1) is 11.8 Å². The smallest absolute Gasteiger partial charge is 0.341 e. The molecule has 3 rings (SSSR count). The number of ether oxygens (including phenoxy) is 1. The molecule has 1 N–H and O–H groups in total. The summed E-state index contributed by atoms with van der Waals surface area (Å²) in [6.07, 6.45) is 3.44. The number of rotatable bonds is 6. The van der Waals surface area contributed by atoms with Crippen molar-refractivity contribution in [3.63, 3.8) is 0 Å². The Kier molecular flexibility index (Phi) is 6.08. The van der Waals surface area contributed by atoms with E-state index in [9.17, 15) is 9.59 Å². The summed E-state index contributed by atoms with van der Waals surface area (Å²) in [5.41, 5.74) is 1.38. The van der Waals surface area contributed by atoms with Gasteiger partial charge in [-0.05, 0) is 41.6 Å². The Bertz CT molecular complexity index is 969. The molecule has 6 heteroatoms. The number of hydrogen-bond acceptors (Lipinski definition) is 5. The highest BCUT2D eigenvalue weighted by Crippen LogP contribution is 2.24. The summed E-state index contributed by atoms with van der Waals surface area (Å²) in [4.78, 5) is 28.6. The maximum atomic E-state index is 12.2. The first-order chi connectivity index (χ1) is 13.1. The Labute approximate surface area is 162 Å². The molecule has 5 nitrogen and oxygen atoms in total. The molecule has 27 heavy (non-hydrogen) atoms. The van der Waals surface area contributed by atoms with Crippen molar-refractivity contribution >= 4 is 34.4 Å². The van der Waals surface area contributed by atoms with Gasteiger partial charge in [-0.2, -0.15) is 0 Å². The summed E-state index contributed by atoms with van der Waals surface area (Å²) < 4.78 is 5.15. The molecule has 0 unspecified atom stereocenters. The maximum Gasteiger partial charge on any atom is 0.341 e. The van der Waals surface area contributed by atoms with Gasteiger partial charge in [-0.3, -0.25) is 4.79 Å². The fourth-order valence-corrected chi connectivity index (χ4v) is 3.44. The molecule has 1 amide bonds. The van der Waals surface area contributed by atoms with E-state index in [1.165, 1.54) is 11.8 Å². The summed E-state index contributed by atoms with van der Waals surface area (Å²) in [6, 6.07) is 17.1. The number of amides is 1. The zero-order chi connectivity index (χ0) is 19.2. The second-order valence-electron chi connectivity index (χ2n) is 5.99. The molecule has 3 aromatic rings. The number of thioether (sulfide) groups is 1. The van der Waals surface area contributed by atoms with Crippen LogP contribution in [0.2, 0.25) is 0 Å². The number of carbonyl (C=O) groups excluding carboxylic acids is 2. The molecule has 0 aliphatic heterocycles. The molecule has 0 saturated heterocycles. The van der Waals surface area contributed by atoms with Gasteiger partial charge in [0.05, 0.1) is 11.6 Å². The lowest BCUT2D eigenvalue weighted by Gasteiger charge is -2.16. The van der Waals surface area contributed by atoms with Gasteiger partial charge < -0.3 is 10.1 Å². The van der Waals surface area contributed by atoms with Crippen molar-refractivity contribution in [3.05, 3.63) is 71.9 Å². The van der Waals surface area contributed by atoms with Gasteiger partial charge in [0.1, 0.15) is 5.03 Å². The molecule has 1 atom stereocenters. The van der Waals surface area contributed by atoms with Crippen LogP contribution >= 0.6 is 11.8 Å². The van der Waals surface area contributed by atoms with Crippen molar-refractivity contribution in [2.45, 2.75) is 18.0 Å². The number of esters is 1. The number of fused-ring (bicyclic) bond motifs is 1. The minimum atomic E-state index is -0.555. The van der Waals surface area contributed by atoms with Crippen LogP contribution in [-0.4, -0.2) is 29.7 Å². The molecule has 0 radical (unpaired) electrons. The molecule has 0 bridgehead atoms. The lowest BCUT2D eigenvalue weighted by Crippen LogP contribution is -2.31. The van der Waals surface area contributed by atoms with E-state index >= 15 is 0 Å². The fourth-order valence-electron chi connectivity index (χ4n) is 2.91. The van der Waals surface area contributed by atoms with Gasteiger partial charge in [0.2, 0.25) is 0 Å². The van der Waals surface area contributed by atoms with Crippen molar-refractivity contribution < 1.29 is 14.3 Å². The van der Waals surface area contributed by atoms with E-state index in [4.69, 9.17) is 4.74 Å². The number of pyridine rings is 1. The number of nitrogens with zero attached hydrogens (tertiary/aromatic N) is 1. The SMILES string of the molecule is CSc1ncccc1C(=O)OCC(=O)N[C@@H](C)c1cccc2ccccc12. The second-order valence-corrected chi connectivity index (χ2v) is 6.79. The van der Waals surface area contributed by atoms with E-state index < -0.39 is 5.97 Å². The van der Waals surface area contributed by atoms with Gasteiger partial charge in [0.15, 0.2) is 6.61 Å². The fraction of sp³-hybridized carbons (Fsp3) is 0.190. The van der Waals surface area contributed by atoms with E-state index in [1.54, 1.807) is 18.3 Å². The van der Waals surface area contributed by atoms with E-state index in [2.05, 4.69) is 10.3 Å². The molecule has 1 aromatic heterocycles. The number of aromatic nitrogens is 1. The number of hydrogen-bond donors (Lipinski definition) is 1. The normalized spacial score (nSPS) is 11.8. The summed E-state index contributed by atoms with van der Waals surface area (Å²) in [7, 11) is 0. The van der Waals surface area contributed by atoms with Gasteiger partial charge in [-0.25, -0.2) is 9.78 Å². The van der Waals surface area contributed by atoms with Crippen LogP contribution < -0.4 is 5.32 Å². The molecule has 0 saturated carbocycles. The van der Waals surface area contributed by atoms with E-state index in [0.717, 1.165) is 16.3 Å². The molecule has 2 aromatic carbocycles. The minimum Gasteiger partial charge on any atom is -0.452 e. The topological polar surface area (TPSA) is 68.3 Å². The summed E-state index contributed by atoms with van der Waals surface area (Å²) in [5.74, 6) is -0.904. The molecule has 0 aliphatic carbocycles. The number of carbonyl (C=O) groups is 2. The van der Waals surface area contributed by atoms with Crippen LogP contribution in [0.4, 0.5) is 0 Å². The second kappa shape index (κ2) is 8.68. The highest BCUT2D eigenvalue weighted by atomic mass is 32.2. The molecule has 138 valence electrons. The first-order valence-electron chi connectivity index (χ1n) is 8.53. The van der Waals surface area contributed by atoms with Crippen LogP contribution in [0.1, 0.15) is 28.9 Å². The van der Waals surface area contributed by atoms with Crippen molar-refractivity contribution in [2.75, 3.05) is 12.9 Å². The predicted octanol–water partition coefficient (Wildman–Crippen LogP) is 3.99. The van der Waals surface area contributed by atoms with Gasteiger partial charge >= 0.3 is 5.97 Å². The van der Waals surface area contributed by atoms with Crippen molar-refractivity contribution in [1.29, 1.82) is 0 Å². The number of nitrogens with one attached hydrogen (secondary N) is 1. The van der Waals surface area contributed by atoms with Gasteiger partial charge in [-0.1, -0.05) is 42.5 Å². The predicted molar refractivity (Wildman–Crippen MR) is 107 cm³/mol. The molecular formula is C21H20N2O3S.